The fourth-order valence-electron chi connectivity index (χ4n) is 1.64. The van der Waals surface area contributed by atoms with E-state index in [1.165, 1.54) is 0 Å². The maximum absolute atomic E-state index is 12.2. The molecule has 1 amide bonds. The lowest BCUT2D eigenvalue weighted by Gasteiger charge is -2.10. The van der Waals surface area contributed by atoms with E-state index in [9.17, 15) is 4.79 Å². The zero-order valence-electron chi connectivity index (χ0n) is 10.2. The number of amides is 1. The molecule has 0 aliphatic heterocycles. The van der Waals surface area contributed by atoms with E-state index in [4.69, 9.17) is 0 Å². The predicted molar refractivity (Wildman–Crippen MR) is 75.8 cm³/mol. The standard InChI is InChI=1S/C14H13BrN2O/c1-9-10(2)16-8-7-11(9)14(18)17-13-6-4-3-5-12(13)15/h3-8H,1-2H3,(H,17,18). The Morgan fingerprint density at radius 1 is 1.22 bits per heavy atom. The van der Waals surface area contributed by atoms with Crippen molar-refractivity contribution in [1.82, 2.24) is 4.98 Å². The number of halogens is 1. The summed E-state index contributed by atoms with van der Waals surface area (Å²) in [5, 5.41) is 2.88. The first kappa shape index (κ1) is 12.8. The molecule has 18 heavy (non-hydrogen) atoms. The van der Waals surface area contributed by atoms with Gasteiger partial charge in [0.05, 0.1) is 5.69 Å². The van der Waals surface area contributed by atoms with Gasteiger partial charge in [0, 0.05) is 21.9 Å². The van der Waals surface area contributed by atoms with E-state index >= 15 is 0 Å². The number of anilines is 1. The molecule has 0 fully saturated rings. The Morgan fingerprint density at radius 3 is 2.67 bits per heavy atom. The molecule has 0 saturated carbocycles. The Morgan fingerprint density at radius 2 is 1.94 bits per heavy atom. The lowest BCUT2D eigenvalue weighted by Crippen LogP contribution is -2.14. The molecule has 1 N–H and O–H groups in total. The number of para-hydroxylation sites is 1. The Balaban J connectivity index is 2.28. The molecule has 0 aliphatic rings. The van der Waals surface area contributed by atoms with Gasteiger partial charge in [-0.15, -0.1) is 0 Å². The van der Waals surface area contributed by atoms with Crippen LogP contribution < -0.4 is 5.32 Å². The summed E-state index contributed by atoms with van der Waals surface area (Å²) < 4.78 is 0.863. The first-order chi connectivity index (χ1) is 8.59. The molecule has 92 valence electrons. The number of carbonyl (C=O) groups is 1. The van der Waals surface area contributed by atoms with Gasteiger partial charge in [-0.1, -0.05) is 12.1 Å². The number of rotatable bonds is 2. The number of nitrogens with one attached hydrogen (secondary N) is 1. The fourth-order valence-corrected chi connectivity index (χ4v) is 2.02. The Kier molecular flexibility index (Phi) is 3.77. The van der Waals surface area contributed by atoms with Crippen molar-refractivity contribution in [3.05, 3.63) is 57.8 Å². The van der Waals surface area contributed by atoms with Crippen molar-refractivity contribution in [3.8, 4) is 0 Å². The number of pyridine rings is 1. The van der Waals surface area contributed by atoms with Gasteiger partial charge in [-0.25, -0.2) is 0 Å². The number of carbonyl (C=O) groups excluding carboxylic acids is 1. The van der Waals surface area contributed by atoms with Crippen LogP contribution in [0.25, 0.3) is 0 Å². The minimum Gasteiger partial charge on any atom is -0.321 e. The highest BCUT2D eigenvalue weighted by Crippen LogP contribution is 2.22. The molecular weight excluding hydrogens is 292 g/mol. The number of aryl methyl sites for hydroxylation is 1. The van der Waals surface area contributed by atoms with Gasteiger partial charge in [0.2, 0.25) is 0 Å². The van der Waals surface area contributed by atoms with Crippen LogP contribution in [0.2, 0.25) is 0 Å². The highest BCUT2D eigenvalue weighted by Gasteiger charge is 2.11. The Bertz CT molecular complexity index is 596. The lowest BCUT2D eigenvalue weighted by atomic mass is 10.1. The van der Waals surface area contributed by atoms with Gasteiger partial charge in [0.1, 0.15) is 0 Å². The fraction of sp³-hybridized carbons (Fsp3) is 0.143. The smallest absolute Gasteiger partial charge is 0.256 e. The molecule has 0 saturated heterocycles. The van der Waals surface area contributed by atoms with Crippen LogP contribution in [0.3, 0.4) is 0 Å². The van der Waals surface area contributed by atoms with E-state index in [1.807, 2.05) is 38.1 Å². The van der Waals surface area contributed by atoms with Crippen LogP contribution in [0.15, 0.2) is 41.0 Å². The van der Waals surface area contributed by atoms with E-state index in [2.05, 4.69) is 26.2 Å². The van der Waals surface area contributed by atoms with Crippen molar-refractivity contribution in [1.29, 1.82) is 0 Å². The summed E-state index contributed by atoms with van der Waals surface area (Å²) in [4.78, 5) is 16.3. The van der Waals surface area contributed by atoms with E-state index in [-0.39, 0.29) is 5.91 Å². The monoisotopic (exact) mass is 304 g/mol. The first-order valence-corrected chi connectivity index (χ1v) is 6.37. The van der Waals surface area contributed by atoms with Crippen molar-refractivity contribution >= 4 is 27.5 Å². The third-order valence-electron chi connectivity index (χ3n) is 2.82. The van der Waals surface area contributed by atoms with Gasteiger partial charge >= 0.3 is 0 Å². The molecule has 3 nitrogen and oxygen atoms in total. The van der Waals surface area contributed by atoms with Crippen LogP contribution in [0, 0.1) is 13.8 Å². The molecule has 1 aromatic carbocycles. The Labute approximate surface area is 114 Å². The Hall–Kier alpha value is -1.68. The van der Waals surface area contributed by atoms with Crippen molar-refractivity contribution in [2.45, 2.75) is 13.8 Å². The second-order valence-corrected chi connectivity index (χ2v) is 4.86. The van der Waals surface area contributed by atoms with Gasteiger partial charge in [0.15, 0.2) is 0 Å². The minimum absolute atomic E-state index is 0.120. The molecule has 0 aliphatic carbocycles. The van der Waals surface area contributed by atoms with Crippen LogP contribution in [0.1, 0.15) is 21.6 Å². The molecule has 1 aromatic heterocycles. The van der Waals surface area contributed by atoms with Gasteiger partial charge in [0.25, 0.3) is 5.91 Å². The summed E-state index contributed by atoms with van der Waals surface area (Å²) >= 11 is 3.40. The van der Waals surface area contributed by atoms with Crippen molar-refractivity contribution in [2.24, 2.45) is 0 Å². The van der Waals surface area contributed by atoms with Crippen LogP contribution in [0.5, 0.6) is 0 Å². The zero-order chi connectivity index (χ0) is 13.1. The molecule has 0 radical (unpaired) electrons. The molecule has 0 atom stereocenters. The van der Waals surface area contributed by atoms with Gasteiger partial charge < -0.3 is 5.32 Å². The summed E-state index contributed by atoms with van der Waals surface area (Å²) in [7, 11) is 0. The molecule has 0 unspecified atom stereocenters. The minimum atomic E-state index is -0.120. The summed E-state index contributed by atoms with van der Waals surface area (Å²) in [5.41, 5.74) is 3.19. The molecule has 0 bridgehead atoms. The molecule has 2 aromatic rings. The number of hydrogen-bond acceptors (Lipinski definition) is 2. The van der Waals surface area contributed by atoms with Crippen LogP contribution >= 0.6 is 15.9 Å². The second kappa shape index (κ2) is 5.31. The lowest BCUT2D eigenvalue weighted by molar-refractivity contribution is 0.102. The quantitative estimate of drug-likeness (QED) is 0.919. The van der Waals surface area contributed by atoms with Crippen molar-refractivity contribution in [3.63, 3.8) is 0 Å². The van der Waals surface area contributed by atoms with E-state index in [0.29, 0.717) is 5.56 Å². The number of nitrogens with zero attached hydrogens (tertiary/aromatic N) is 1. The summed E-state index contributed by atoms with van der Waals surface area (Å²) in [5.74, 6) is -0.120. The third-order valence-corrected chi connectivity index (χ3v) is 3.51. The molecule has 4 heteroatoms. The van der Waals surface area contributed by atoms with Crippen molar-refractivity contribution < 1.29 is 4.79 Å². The highest BCUT2D eigenvalue weighted by molar-refractivity contribution is 9.10. The summed E-state index contributed by atoms with van der Waals surface area (Å²) in [6.45, 7) is 3.79. The van der Waals surface area contributed by atoms with E-state index < -0.39 is 0 Å². The molecule has 0 spiro atoms. The van der Waals surface area contributed by atoms with Crippen molar-refractivity contribution in [2.75, 3.05) is 5.32 Å². The third kappa shape index (κ3) is 2.59. The molecule has 1 heterocycles. The average molecular weight is 305 g/mol. The summed E-state index contributed by atoms with van der Waals surface area (Å²) in [6, 6.07) is 9.26. The van der Waals surface area contributed by atoms with Gasteiger partial charge in [-0.2, -0.15) is 0 Å². The normalized spacial score (nSPS) is 10.2. The number of benzene rings is 1. The number of hydrogen-bond donors (Lipinski definition) is 1. The topological polar surface area (TPSA) is 42.0 Å². The maximum atomic E-state index is 12.2. The SMILES string of the molecule is Cc1nccc(C(=O)Nc2ccccc2Br)c1C. The number of aromatic nitrogens is 1. The summed E-state index contributed by atoms with van der Waals surface area (Å²) in [6.07, 6.45) is 1.65. The van der Waals surface area contributed by atoms with E-state index in [1.54, 1.807) is 12.3 Å². The predicted octanol–water partition coefficient (Wildman–Crippen LogP) is 3.71. The van der Waals surface area contributed by atoms with Gasteiger partial charge in [-0.3, -0.25) is 9.78 Å². The van der Waals surface area contributed by atoms with Crippen LogP contribution in [-0.2, 0) is 0 Å². The second-order valence-electron chi connectivity index (χ2n) is 4.00. The van der Waals surface area contributed by atoms with Crippen LogP contribution in [-0.4, -0.2) is 10.9 Å². The first-order valence-electron chi connectivity index (χ1n) is 5.57. The largest absolute Gasteiger partial charge is 0.321 e. The maximum Gasteiger partial charge on any atom is 0.256 e. The molecule has 2 rings (SSSR count). The highest BCUT2D eigenvalue weighted by atomic mass is 79.9. The average Bonchev–Trinajstić information content (AvgIpc) is 2.35. The van der Waals surface area contributed by atoms with Crippen LogP contribution in [0.4, 0.5) is 5.69 Å². The van der Waals surface area contributed by atoms with Gasteiger partial charge in [-0.05, 0) is 53.5 Å². The molecular formula is C14H13BrN2O. The van der Waals surface area contributed by atoms with E-state index in [0.717, 1.165) is 21.4 Å². The zero-order valence-corrected chi connectivity index (χ0v) is 11.8.